The van der Waals surface area contributed by atoms with Crippen LogP contribution in [0.2, 0.25) is 0 Å². The Bertz CT molecular complexity index is 386. The molecule has 1 unspecified atom stereocenters. The molecule has 0 aliphatic carbocycles. The van der Waals surface area contributed by atoms with Gasteiger partial charge in [-0.05, 0) is 12.3 Å². The van der Waals surface area contributed by atoms with E-state index < -0.39 is 18.0 Å². The third kappa shape index (κ3) is 5.99. The summed E-state index contributed by atoms with van der Waals surface area (Å²) in [4.78, 5) is 35.3. The van der Waals surface area contributed by atoms with Crippen molar-refractivity contribution in [2.45, 2.75) is 26.3 Å². The summed E-state index contributed by atoms with van der Waals surface area (Å²) in [6.07, 6.45) is 0.635. The van der Waals surface area contributed by atoms with E-state index in [2.05, 4.69) is 24.5 Å². The van der Waals surface area contributed by atoms with E-state index >= 15 is 0 Å². The highest BCUT2D eigenvalue weighted by atomic mass is 16.5. The van der Waals surface area contributed by atoms with E-state index in [9.17, 15) is 14.4 Å². The van der Waals surface area contributed by atoms with Crippen LogP contribution < -0.4 is 10.6 Å². The average Bonchev–Trinajstić information content (AvgIpc) is 2.41. The molecule has 0 aromatic heterocycles. The van der Waals surface area contributed by atoms with Crippen molar-refractivity contribution in [2.75, 3.05) is 32.8 Å². The summed E-state index contributed by atoms with van der Waals surface area (Å²) < 4.78 is 5.38. The van der Waals surface area contributed by atoms with Gasteiger partial charge in [0.05, 0.1) is 0 Å². The number of carboxylic acids is 1. The lowest BCUT2D eigenvalue weighted by atomic mass is 10.2. The lowest BCUT2D eigenvalue weighted by Gasteiger charge is -2.32. The van der Waals surface area contributed by atoms with E-state index in [1.807, 2.05) is 0 Å². The number of piperazine rings is 1. The molecule has 1 heterocycles. The highest BCUT2D eigenvalue weighted by Gasteiger charge is 2.34. The molecule has 1 atom stereocenters. The van der Waals surface area contributed by atoms with Gasteiger partial charge in [0.25, 0.3) is 0 Å². The average molecular weight is 301 g/mol. The molecule has 1 saturated heterocycles. The van der Waals surface area contributed by atoms with Crippen LogP contribution in [0, 0.1) is 5.92 Å². The minimum atomic E-state index is -1.13. The van der Waals surface area contributed by atoms with Crippen molar-refractivity contribution in [1.29, 1.82) is 0 Å². The summed E-state index contributed by atoms with van der Waals surface area (Å²) in [7, 11) is 0. The SMILES string of the molecule is CC(C)COCCCNC(=O)N1CC(=O)NCC1C(=O)O. The fraction of sp³-hybridized carbons (Fsp3) is 0.769. The van der Waals surface area contributed by atoms with Gasteiger partial charge < -0.3 is 20.5 Å². The normalized spacial score (nSPS) is 18.5. The maximum atomic E-state index is 11.9. The zero-order valence-electron chi connectivity index (χ0n) is 12.4. The van der Waals surface area contributed by atoms with Gasteiger partial charge in [0.2, 0.25) is 5.91 Å². The lowest BCUT2D eigenvalue weighted by molar-refractivity contribution is -0.144. The first-order chi connectivity index (χ1) is 9.91. The molecule has 3 N–H and O–H groups in total. The number of carbonyl (C=O) groups is 3. The number of rotatable bonds is 7. The van der Waals surface area contributed by atoms with Crippen LogP contribution >= 0.6 is 0 Å². The number of ether oxygens (including phenoxy) is 1. The second kappa shape index (κ2) is 8.46. The van der Waals surface area contributed by atoms with Crippen LogP contribution in [0.3, 0.4) is 0 Å². The predicted molar refractivity (Wildman–Crippen MR) is 74.8 cm³/mol. The Kier molecular flexibility index (Phi) is 6.93. The van der Waals surface area contributed by atoms with Crippen molar-refractivity contribution in [2.24, 2.45) is 5.92 Å². The van der Waals surface area contributed by atoms with Crippen molar-refractivity contribution in [3.05, 3.63) is 0 Å². The molecule has 0 aromatic rings. The van der Waals surface area contributed by atoms with Crippen LogP contribution in [0.15, 0.2) is 0 Å². The summed E-state index contributed by atoms with van der Waals surface area (Å²) >= 11 is 0. The van der Waals surface area contributed by atoms with Crippen LogP contribution in [0.5, 0.6) is 0 Å². The number of amides is 3. The molecule has 3 amide bonds. The largest absolute Gasteiger partial charge is 0.480 e. The number of carboxylic acid groups (broad SMARTS) is 1. The lowest BCUT2D eigenvalue weighted by Crippen LogP contribution is -2.61. The molecule has 0 bridgehead atoms. The highest BCUT2D eigenvalue weighted by molar-refractivity contribution is 5.90. The first kappa shape index (κ1) is 17.2. The van der Waals surface area contributed by atoms with Gasteiger partial charge in [0, 0.05) is 26.3 Å². The Labute approximate surface area is 123 Å². The van der Waals surface area contributed by atoms with E-state index in [0.29, 0.717) is 32.1 Å². The molecule has 1 aliphatic heterocycles. The van der Waals surface area contributed by atoms with Crippen molar-refractivity contribution in [3.63, 3.8) is 0 Å². The van der Waals surface area contributed by atoms with E-state index in [4.69, 9.17) is 9.84 Å². The molecular formula is C13H23N3O5. The maximum Gasteiger partial charge on any atom is 0.328 e. The van der Waals surface area contributed by atoms with Gasteiger partial charge in [-0.25, -0.2) is 9.59 Å². The molecule has 8 heteroatoms. The second-order valence-corrected chi connectivity index (χ2v) is 5.34. The Morgan fingerprint density at radius 1 is 1.52 bits per heavy atom. The van der Waals surface area contributed by atoms with Gasteiger partial charge in [-0.2, -0.15) is 0 Å². The van der Waals surface area contributed by atoms with Gasteiger partial charge in [-0.15, -0.1) is 0 Å². The van der Waals surface area contributed by atoms with Crippen molar-refractivity contribution in [1.82, 2.24) is 15.5 Å². The van der Waals surface area contributed by atoms with Gasteiger partial charge in [-0.1, -0.05) is 13.8 Å². The number of hydrogen-bond acceptors (Lipinski definition) is 4. The third-order valence-corrected chi connectivity index (χ3v) is 2.92. The van der Waals surface area contributed by atoms with E-state index in [0.717, 1.165) is 4.90 Å². The summed E-state index contributed by atoms with van der Waals surface area (Å²) in [5, 5.41) is 14.1. The van der Waals surface area contributed by atoms with Crippen LogP contribution in [0.4, 0.5) is 4.79 Å². The Balaban J connectivity index is 2.31. The van der Waals surface area contributed by atoms with Gasteiger partial charge in [-0.3, -0.25) is 9.69 Å². The molecule has 120 valence electrons. The number of aliphatic carboxylic acids is 1. The fourth-order valence-corrected chi connectivity index (χ4v) is 1.87. The van der Waals surface area contributed by atoms with Crippen LogP contribution in [0.25, 0.3) is 0 Å². The molecule has 0 aromatic carbocycles. The molecule has 0 saturated carbocycles. The van der Waals surface area contributed by atoms with Crippen molar-refractivity contribution in [3.8, 4) is 0 Å². The molecule has 8 nitrogen and oxygen atoms in total. The first-order valence-electron chi connectivity index (χ1n) is 7.03. The first-order valence-corrected chi connectivity index (χ1v) is 7.03. The Morgan fingerprint density at radius 2 is 2.24 bits per heavy atom. The second-order valence-electron chi connectivity index (χ2n) is 5.34. The van der Waals surface area contributed by atoms with E-state index in [-0.39, 0.29) is 19.0 Å². The number of carbonyl (C=O) groups excluding carboxylic acids is 2. The number of nitrogens with one attached hydrogen (secondary N) is 2. The van der Waals surface area contributed by atoms with Crippen molar-refractivity contribution >= 4 is 17.9 Å². The maximum absolute atomic E-state index is 11.9. The fourth-order valence-electron chi connectivity index (χ4n) is 1.87. The minimum Gasteiger partial charge on any atom is -0.480 e. The van der Waals surface area contributed by atoms with Gasteiger partial charge in [0.1, 0.15) is 12.6 Å². The predicted octanol–water partition coefficient (Wildman–Crippen LogP) is -0.356. The quantitative estimate of drug-likeness (QED) is 0.557. The number of nitrogens with zero attached hydrogens (tertiary/aromatic N) is 1. The summed E-state index contributed by atoms with van der Waals surface area (Å²) in [5.41, 5.74) is 0. The monoisotopic (exact) mass is 301 g/mol. The third-order valence-electron chi connectivity index (χ3n) is 2.92. The highest BCUT2D eigenvalue weighted by Crippen LogP contribution is 2.05. The molecule has 1 rings (SSSR count). The van der Waals surface area contributed by atoms with Gasteiger partial charge >= 0.3 is 12.0 Å². The van der Waals surface area contributed by atoms with E-state index in [1.54, 1.807) is 0 Å². The standard InChI is InChI=1S/C13H23N3O5/c1-9(2)8-21-5-3-4-14-13(20)16-7-11(17)15-6-10(16)12(18)19/h9-10H,3-8H2,1-2H3,(H,14,20)(H,15,17)(H,18,19). The van der Waals surface area contributed by atoms with Crippen LogP contribution in [-0.4, -0.2) is 66.8 Å². The minimum absolute atomic E-state index is 0.0704. The number of urea groups is 1. The van der Waals surface area contributed by atoms with Crippen molar-refractivity contribution < 1.29 is 24.2 Å². The molecule has 0 spiro atoms. The summed E-state index contributed by atoms with van der Waals surface area (Å²) in [6, 6.07) is -1.57. The number of hydrogen-bond donors (Lipinski definition) is 3. The molecule has 21 heavy (non-hydrogen) atoms. The molecule has 0 radical (unpaired) electrons. The Hall–Kier alpha value is -1.83. The topological polar surface area (TPSA) is 108 Å². The Morgan fingerprint density at radius 3 is 2.86 bits per heavy atom. The van der Waals surface area contributed by atoms with Crippen LogP contribution in [0.1, 0.15) is 20.3 Å². The van der Waals surface area contributed by atoms with Gasteiger partial charge in [0.15, 0.2) is 0 Å². The summed E-state index contributed by atoms with van der Waals surface area (Å²) in [5.74, 6) is -1.03. The zero-order chi connectivity index (χ0) is 15.8. The molecular weight excluding hydrogens is 278 g/mol. The zero-order valence-corrected chi connectivity index (χ0v) is 12.4. The van der Waals surface area contributed by atoms with Crippen LogP contribution in [-0.2, 0) is 14.3 Å². The molecule has 1 fully saturated rings. The smallest absolute Gasteiger partial charge is 0.328 e. The molecule has 1 aliphatic rings. The summed E-state index contributed by atoms with van der Waals surface area (Å²) in [6.45, 7) is 5.36. The van der Waals surface area contributed by atoms with E-state index in [1.165, 1.54) is 0 Å².